The van der Waals surface area contributed by atoms with Gasteiger partial charge in [0.05, 0.1) is 0 Å². The first-order chi connectivity index (χ1) is 11.1. The fourth-order valence-electron chi connectivity index (χ4n) is 2.82. The second-order valence-electron chi connectivity index (χ2n) is 5.48. The lowest BCUT2D eigenvalue weighted by atomic mass is 9.91. The molecule has 0 saturated heterocycles. The van der Waals surface area contributed by atoms with Crippen LogP contribution in [0.2, 0.25) is 0 Å². The van der Waals surface area contributed by atoms with Crippen LogP contribution in [0, 0.1) is 0 Å². The summed E-state index contributed by atoms with van der Waals surface area (Å²) in [7, 11) is -2.60. The van der Waals surface area contributed by atoms with E-state index in [2.05, 4.69) is 10.6 Å². The Labute approximate surface area is 136 Å². The third kappa shape index (κ3) is 4.08. The third-order valence-electron chi connectivity index (χ3n) is 3.94. The number of ether oxygens (including phenoxy) is 1. The second kappa shape index (κ2) is 7.39. The number of hydrogen-bond acceptors (Lipinski definition) is 5. The molecule has 6 heteroatoms. The molecule has 5 nitrogen and oxygen atoms in total. The molecule has 0 amide bonds. The van der Waals surface area contributed by atoms with E-state index in [-0.39, 0.29) is 0 Å². The summed E-state index contributed by atoms with van der Waals surface area (Å²) < 4.78 is 10.5. The van der Waals surface area contributed by atoms with Gasteiger partial charge in [0.2, 0.25) is 0 Å². The fourth-order valence-corrected chi connectivity index (χ4v) is 3.12. The van der Waals surface area contributed by atoms with Crippen LogP contribution in [0.3, 0.4) is 0 Å². The second-order valence-corrected chi connectivity index (χ2v) is 6.20. The van der Waals surface area contributed by atoms with Gasteiger partial charge in [0.15, 0.2) is 6.29 Å². The number of hydrogen-bond donors (Lipinski definition) is 3. The van der Waals surface area contributed by atoms with E-state index >= 15 is 0 Å². The van der Waals surface area contributed by atoms with E-state index in [1.54, 1.807) is 24.3 Å². The number of benzene rings is 2. The van der Waals surface area contributed by atoms with Gasteiger partial charge in [-0.15, -0.1) is 0 Å². The Hall–Kier alpha value is -1.49. The summed E-state index contributed by atoms with van der Waals surface area (Å²) in [6.07, 6.45) is 3.17. The van der Waals surface area contributed by atoms with Crippen LogP contribution in [0.15, 0.2) is 42.5 Å². The molecule has 0 bridgehead atoms. The highest BCUT2D eigenvalue weighted by Crippen LogP contribution is 2.35. The minimum absolute atomic E-state index is 0.433. The van der Waals surface area contributed by atoms with Gasteiger partial charge >= 0.3 is 8.60 Å². The first-order valence-electron chi connectivity index (χ1n) is 7.55. The molecule has 0 saturated carbocycles. The molecule has 122 valence electrons. The molecule has 1 unspecified atom stereocenters. The molecule has 3 N–H and O–H groups in total. The van der Waals surface area contributed by atoms with E-state index in [1.165, 1.54) is 24.0 Å². The molecule has 3 rings (SSSR count). The maximum Gasteiger partial charge on any atom is 0.329 e. The van der Waals surface area contributed by atoms with Crippen LogP contribution in [-0.2, 0) is 17.4 Å². The molecule has 1 aliphatic carbocycles. The monoisotopic (exact) mass is 334 g/mol. The standard InChI is InChI=1S/C17H19O5P/c18-17(22-23(19)20)13-8-10-14(11-9-13)21-16-7-3-5-12-4-1-2-6-15(12)16/h3,5,7-11,17-20H,1-2,4,6H2. The Balaban J connectivity index is 1.74. The van der Waals surface area contributed by atoms with Crippen molar-refractivity contribution in [3.05, 3.63) is 59.2 Å². The molecule has 2 aromatic rings. The lowest BCUT2D eigenvalue weighted by molar-refractivity contribution is -0.0271. The predicted octanol–water partition coefficient (Wildman–Crippen LogP) is 3.58. The molecule has 0 aromatic heterocycles. The Kier molecular flexibility index (Phi) is 5.26. The SMILES string of the molecule is OC(OP(O)O)c1ccc(Oc2cccc3c2CCCC3)cc1. The van der Waals surface area contributed by atoms with Crippen molar-refractivity contribution in [2.45, 2.75) is 32.0 Å². The number of aliphatic hydroxyl groups is 1. The van der Waals surface area contributed by atoms with E-state index in [0.717, 1.165) is 18.6 Å². The Morgan fingerprint density at radius 3 is 2.43 bits per heavy atom. The first-order valence-corrected chi connectivity index (χ1v) is 8.71. The van der Waals surface area contributed by atoms with Gasteiger partial charge in [-0.05, 0) is 55.0 Å². The van der Waals surface area contributed by atoms with Crippen molar-refractivity contribution in [2.24, 2.45) is 0 Å². The summed E-state index contributed by atoms with van der Waals surface area (Å²) in [4.78, 5) is 17.5. The smallest absolute Gasteiger partial charge is 0.329 e. The third-order valence-corrected chi connectivity index (χ3v) is 4.33. The molecule has 2 aromatic carbocycles. The lowest BCUT2D eigenvalue weighted by Crippen LogP contribution is -2.04. The maximum absolute atomic E-state index is 9.66. The molecule has 0 fully saturated rings. The quantitative estimate of drug-likeness (QED) is 0.575. The van der Waals surface area contributed by atoms with Gasteiger partial charge < -0.3 is 19.6 Å². The topological polar surface area (TPSA) is 79.2 Å². The number of rotatable bonds is 5. The van der Waals surface area contributed by atoms with Crippen LogP contribution in [0.25, 0.3) is 0 Å². The molecule has 0 radical (unpaired) electrons. The van der Waals surface area contributed by atoms with Crippen molar-refractivity contribution >= 4 is 8.60 Å². The van der Waals surface area contributed by atoms with Crippen LogP contribution < -0.4 is 4.74 Å². The highest BCUT2D eigenvalue weighted by molar-refractivity contribution is 7.39. The van der Waals surface area contributed by atoms with E-state index in [9.17, 15) is 5.11 Å². The van der Waals surface area contributed by atoms with E-state index in [0.29, 0.717) is 11.3 Å². The van der Waals surface area contributed by atoms with Gasteiger partial charge in [-0.1, -0.05) is 24.3 Å². The Morgan fingerprint density at radius 1 is 0.957 bits per heavy atom. The van der Waals surface area contributed by atoms with Gasteiger partial charge in [0, 0.05) is 5.56 Å². The van der Waals surface area contributed by atoms with Gasteiger partial charge in [0.1, 0.15) is 11.5 Å². The summed E-state index contributed by atoms with van der Waals surface area (Å²) in [6, 6.07) is 12.8. The molecule has 0 heterocycles. The van der Waals surface area contributed by atoms with E-state index in [4.69, 9.17) is 14.5 Å². The van der Waals surface area contributed by atoms with Crippen molar-refractivity contribution in [3.63, 3.8) is 0 Å². The minimum atomic E-state index is -2.60. The van der Waals surface area contributed by atoms with Crippen molar-refractivity contribution in [2.75, 3.05) is 0 Å². The Bertz CT molecular complexity index is 657. The average Bonchev–Trinajstić information content (AvgIpc) is 2.55. The summed E-state index contributed by atoms with van der Waals surface area (Å²) in [6.45, 7) is 0. The molecular weight excluding hydrogens is 315 g/mol. The van der Waals surface area contributed by atoms with Crippen LogP contribution in [0.5, 0.6) is 11.5 Å². The zero-order valence-corrected chi connectivity index (χ0v) is 13.4. The first kappa shape index (κ1) is 16.4. The van der Waals surface area contributed by atoms with Crippen LogP contribution in [0.1, 0.15) is 35.8 Å². The average molecular weight is 334 g/mol. The molecular formula is C17H19O5P. The molecule has 1 aliphatic rings. The summed E-state index contributed by atoms with van der Waals surface area (Å²) in [5.41, 5.74) is 3.06. The van der Waals surface area contributed by atoms with Gasteiger partial charge in [0.25, 0.3) is 0 Å². The highest BCUT2D eigenvalue weighted by Gasteiger charge is 2.15. The van der Waals surface area contributed by atoms with E-state index in [1.807, 2.05) is 12.1 Å². The fraction of sp³-hybridized carbons (Fsp3) is 0.294. The summed E-state index contributed by atoms with van der Waals surface area (Å²) in [5, 5.41) is 9.66. The van der Waals surface area contributed by atoms with Crippen molar-refractivity contribution < 1.29 is 24.2 Å². The molecule has 1 atom stereocenters. The number of fused-ring (bicyclic) bond motifs is 1. The maximum atomic E-state index is 9.66. The summed E-state index contributed by atoms with van der Waals surface area (Å²) >= 11 is 0. The van der Waals surface area contributed by atoms with Crippen molar-refractivity contribution in [3.8, 4) is 11.5 Å². The van der Waals surface area contributed by atoms with Crippen molar-refractivity contribution in [1.82, 2.24) is 0 Å². The van der Waals surface area contributed by atoms with Gasteiger partial charge in [-0.2, -0.15) is 0 Å². The Morgan fingerprint density at radius 2 is 1.70 bits per heavy atom. The lowest BCUT2D eigenvalue weighted by Gasteiger charge is -2.19. The zero-order chi connectivity index (χ0) is 16.2. The zero-order valence-electron chi connectivity index (χ0n) is 12.6. The van der Waals surface area contributed by atoms with Crippen LogP contribution >= 0.6 is 8.60 Å². The van der Waals surface area contributed by atoms with Crippen LogP contribution in [-0.4, -0.2) is 14.9 Å². The van der Waals surface area contributed by atoms with Gasteiger partial charge in [-0.25, -0.2) is 0 Å². The molecule has 0 spiro atoms. The van der Waals surface area contributed by atoms with Gasteiger partial charge in [-0.3, -0.25) is 4.52 Å². The normalized spacial score (nSPS) is 15.3. The molecule has 23 heavy (non-hydrogen) atoms. The number of aryl methyl sites for hydroxylation is 1. The minimum Gasteiger partial charge on any atom is -0.457 e. The van der Waals surface area contributed by atoms with Crippen LogP contribution in [0.4, 0.5) is 0 Å². The predicted molar refractivity (Wildman–Crippen MR) is 87.0 cm³/mol. The largest absolute Gasteiger partial charge is 0.457 e. The highest BCUT2D eigenvalue weighted by atomic mass is 31.2. The number of aliphatic hydroxyl groups excluding tert-OH is 1. The van der Waals surface area contributed by atoms with E-state index < -0.39 is 14.9 Å². The summed E-state index contributed by atoms with van der Waals surface area (Å²) in [5.74, 6) is 1.54. The van der Waals surface area contributed by atoms with Crippen molar-refractivity contribution in [1.29, 1.82) is 0 Å². The molecule has 0 aliphatic heterocycles.